The number of amides is 2. The van der Waals surface area contributed by atoms with Crippen molar-refractivity contribution in [2.45, 2.75) is 51.2 Å². The molecule has 140 valence electrons. The van der Waals surface area contributed by atoms with Crippen molar-refractivity contribution in [3.05, 3.63) is 24.2 Å². The molecule has 0 bridgehead atoms. The van der Waals surface area contributed by atoms with Crippen molar-refractivity contribution in [3.8, 4) is 0 Å². The highest BCUT2D eigenvalue weighted by Crippen LogP contribution is 2.25. The Kier molecular flexibility index (Phi) is 6.37. The van der Waals surface area contributed by atoms with Crippen LogP contribution in [-0.4, -0.2) is 59.8 Å². The van der Waals surface area contributed by atoms with Crippen LogP contribution in [0.1, 0.15) is 50.8 Å². The van der Waals surface area contributed by atoms with Crippen LogP contribution in [-0.2, 0) is 0 Å². The molecule has 1 aromatic heterocycles. The molecule has 0 radical (unpaired) electrons. The zero-order chi connectivity index (χ0) is 17.6. The molecule has 2 unspecified atom stereocenters. The van der Waals surface area contributed by atoms with E-state index in [4.69, 9.17) is 4.42 Å². The summed E-state index contributed by atoms with van der Waals surface area (Å²) < 4.78 is 5.63. The zero-order valence-corrected chi connectivity index (χ0v) is 15.2. The summed E-state index contributed by atoms with van der Waals surface area (Å²) >= 11 is 0. The lowest BCUT2D eigenvalue weighted by Crippen LogP contribution is -2.48. The van der Waals surface area contributed by atoms with Crippen LogP contribution in [0.3, 0.4) is 0 Å². The molecular formula is C19H31N3O3. The first kappa shape index (κ1) is 18.3. The summed E-state index contributed by atoms with van der Waals surface area (Å²) in [6.45, 7) is 5.96. The standard InChI is InChI=1S/C19H31N3O3/c1-15(23)16-7-11-22(12-8-16)19(24)20-14-17(18-6-5-13-25-18)21-9-3-2-4-10-21/h5-6,13,15-17,23H,2-4,7-12,14H2,1H3,(H,20,24). The second kappa shape index (κ2) is 8.72. The van der Waals surface area contributed by atoms with Gasteiger partial charge in [-0.1, -0.05) is 6.42 Å². The van der Waals surface area contributed by atoms with E-state index in [2.05, 4.69) is 10.2 Å². The van der Waals surface area contributed by atoms with E-state index in [9.17, 15) is 9.90 Å². The van der Waals surface area contributed by atoms with Crippen LogP contribution in [0.25, 0.3) is 0 Å². The van der Waals surface area contributed by atoms with Crippen LogP contribution in [0.2, 0.25) is 0 Å². The fraction of sp³-hybridized carbons (Fsp3) is 0.737. The molecule has 2 aliphatic rings. The maximum atomic E-state index is 12.5. The van der Waals surface area contributed by atoms with Gasteiger partial charge < -0.3 is 19.7 Å². The summed E-state index contributed by atoms with van der Waals surface area (Å²) in [6, 6.07) is 4.01. The molecule has 2 saturated heterocycles. The minimum absolute atomic E-state index is 0.00221. The lowest BCUT2D eigenvalue weighted by molar-refractivity contribution is 0.0788. The van der Waals surface area contributed by atoms with Gasteiger partial charge in [0.25, 0.3) is 0 Å². The largest absolute Gasteiger partial charge is 0.468 e. The average Bonchev–Trinajstić information content (AvgIpc) is 3.17. The van der Waals surface area contributed by atoms with Crippen LogP contribution in [0.4, 0.5) is 4.79 Å². The van der Waals surface area contributed by atoms with Gasteiger partial charge in [-0.3, -0.25) is 4.90 Å². The predicted octanol–water partition coefficient (Wildman–Crippen LogP) is 2.61. The van der Waals surface area contributed by atoms with Crippen molar-refractivity contribution in [2.75, 3.05) is 32.7 Å². The Balaban J connectivity index is 1.53. The molecule has 2 amide bonds. The van der Waals surface area contributed by atoms with Gasteiger partial charge in [-0.25, -0.2) is 4.79 Å². The van der Waals surface area contributed by atoms with E-state index in [1.807, 2.05) is 24.0 Å². The lowest BCUT2D eigenvalue weighted by atomic mass is 9.92. The number of hydrogen-bond acceptors (Lipinski definition) is 4. The van der Waals surface area contributed by atoms with Gasteiger partial charge >= 0.3 is 6.03 Å². The van der Waals surface area contributed by atoms with Crippen molar-refractivity contribution in [3.63, 3.8) is 0 Å². The van der Waals surface area contributed by atoms with E-state index in [-0.39, 0.29) is 18.2 Å². The summed E-state index contributed by atoms with van der Waals surface area (Å²) in [5, 5.41) is 12.8. The Morgan fingerprint density at radius 2 is 2.00 bits per heavy atom. The van der Waals surface area contributed by atoms with E-state index in [0.29, 0.717) is 12.5 Å². The monoisotopic (exact) mass is 349 g/mol. The number of hydrogen-bond donors (Lipinski definition) is 2. The topological polar surface area (TPSA) is 69.0 Å². The zero-order valence-electron chi connectivity index (χ0n) is 15.2. The molecule has 0 spiro atoms. The molecule has 3 rings (SSSR count). The maximum Gasteiger partial charge on any atom is 0.317 e. The predicted molar refractivity (Wildman–Crippen MR) is 96.2 cm³/mol. The van der Waals surface area contributed by atoms with E-state index < -0.39 is 0 Å². The second-order valence-corrected chi connectivity index (χ2v) is 7.38. The molecule has 1 aromatic rings. The highest BCUT2D eigenvalue weighted by Gasteiger charge is 2.28. The van der Waals surface area contributed by atoms with E-state index in [1.165, 1.54) is 19.3 Å². The molecule has 25 heavy (non-hydrogen) atoms. The first-order chi connectivity index (χ1) is 12.1. The normalized spacial score (nSPS) is 22.6. The molecule has 0 aromatic carbocycles. The minimum Gasteiger partial charge on any atom is -0.468 e. The SMILES string of the molecule is CC(O)C1CCN(C(=O)NCC(c2ccco2)N2CCCCC2)CC1. The van der Waals surface area contributed by atoms with Crippen LogP contribution in [0, 0.1) is 5.92 Å². The molecule has 6 heteroatoms. The van der Waals surface area contributed by atoms with Crippen molar-refractivity contribution in [2.24, 2.45) is 5.92 Å². The van der Waals surface area contributed by atoms with Crippen molar-refractivity contribution in [1.29, 1.82) is 0 Å². The summed E-state index contributed by atoms with van der Waals surface area (Å²) in [6.07, 6.45) is 6.86. The van der Waals surface area contributed by atoms with Crippen LogP contribution >= 0.6 is 0 Å². The van der Waals surface area contributed by atoms with E-state index >= 15 is 0 Å². The lowest BCUT2D eigenvalue weighted by Gasteiger charge is -2.35. The van der Waals surface area contributed by atoms with Gasteiger partial charge in [-0.05, 0) is 63.7 Å². The number of urea groups is 1. The first-order valence-electron chi connectivity index (χ1n) is 9.63. The van der Waals surface area contributed by atoms with Crippen molar-refractivity contribution < 1.29 is 14.3 Å². The number of carbonyl (C=O) groups is 1. The third-order valence-corrected chi connectivity index (χ3v) is 5.66. The summed E-state index contributed by atoms with van der Waals surface area (Å²) in [5.41, 5.74) is 0. The Bertz CT molecular complexity index is 518. The van der Waals surface area contributed by atoms with Crippen LogP contribution in [0.5, 0.6) is 0 Å². The van der Waals surface area contributed by atoms with Gasteiger partial charge in [0.05, 0.1) is 18.4 Å². The number of rotatable bonds is 5. The van der Waals surface area contributed by atoms with E-state index in [0.717, 1.165) is 44.8 Å². The first-order valence-corrected chi connectivity index (χ1v) is 9.63. The molecule has 0 aliphatic carbocycles. The highest BCUT2D eigenvalue weighted by molar-refractivity contribution is 5.74. The smallest absolute Gasteiger partial charge is 0.317 e. The van der Waals surface area contributed by atoms with Gasteiger partial charge in [-0.15, -0.1) is 0 Å². The van der Waals surface area contributed by atoms with Gasteiger partial charge in [-0.2, -0.15) is 0 Å². The van der Waals surface area contributed by atoms with Crippen molar-refractivity contribution in [1.82, 2.24) is 15.1 Å². The number of carbonyl (C=O) groups excluding carboxylic acids is 1. The molecule has 2 N–H and O–H groups in total. The molecular weight excluding hydrogens is 318 g/mol. The second-order valence-electron chi connectivity index (χ2n) is 7.38. The summed E-state index contributed by atoms with van der Waals surface area (Å²) in [4.78, 5) is 16.8. The molecule has 6 nitrogen and oxygen atoms in total. The number of aliphatic hydroxyl groups excluding tert-OH is 1. The summed E-state index contributed by atoms with van der Waals surface area (Å²) in [7, 11) is 0. The number of aliphatic hydroxyl groups is 1. The van der Waals surface area contributed by atoms with Gasteiger partial charge in [0.2, 0.25) is 0 Å². The van der Waals surface area contributed by atoms with Gasteiger partial charge in [0, 0.05) is 19.6 Å². The quantitative estimate of drug-likeness (QED) is 0.857. The van der Waals surface area contributed by atoms with E-state index in [1.54, 1.807) is 6.26 Å². The Morgan fingerprint density at radius 3 is 2.60 bits per heavy atom. The molecule has 3 heterocycles. The summed E-state index contributed by atoms with van der Waals surface area (Å²) in [5.74, 6) is 1.24. The fourth-order valence-corrected chi connectivity index (χ4v) is 4.00. The van der Waals surface area contributed by atoms with Gasteiger partial charge in [0.15, 0.2) is 0 Å². The number of nitrogens with one attached hydrogen (secondary N) is 1. The Hall–Kier alpha value is -1.53. The minimum atomic E-state index is -0.285. The number of nitrogens with zero attached hydrogens (tertiary/aromatic N) is 2. The third kappa shape index (κ3) is 4.76. The van der Waals surface area contributed by atoms with Crippen molar-refractivity contribution >= 4 is 6.03 Å². The molecule has 2 atom stereocenters. The molecule has 2 aliphatic heterocycles. The maximum absolute atomic E-state index is 12.5. The van der Waals surface area contributed by atoms with Crippen LogP contribution < -0.4 is 5.32 Å². The third-order valence-electron chi connectivity index (χ3n) is 5.66. The number of likely N-dealkylation sites (tertiary alicyclic amines) is 2. The Morgan fingerprint density at radius 1 is 1.28 bits per heavy atom. The molecule has 2 fully saturated rings. The fourth-order valence-electron chi connectivity index (χ4n) is 4.00. The number of piperidine rings is 2. The van der Waals surface area contributed by atoms with Crippen LogP contribution in [0.15, 0.2) is 22.8 Å². The van der Waals surface area contributed by atoms with Gasteiger partial charge in [0.1, 0.15) is 5.76 Å². The number of furan rings is 1. The average molecular weight is 349 g/mol. The molecule has 0 saturated carbocycles. The highest BCUT2D eigenvalue weighted by atomic mass is 16.3. The Labute approximate surface area is 150 Å².